The van der Waals surface area contributed by atoms with Gasteiger partial charge in [-0.3, -0.25) is 13.8 Å². The molecule has 508 valence electrons. The highest BCUT2D eigenvalue weighted by Crippen LogP contribution is 2.43. The number of aliphatic hydroxyl groups is 1. The summed E-state index contributed by atoms with van der Waals surface area (Å²) in [6, 6.07) is -0.770. The number of unbranched alkanes of at least 4 members (excludes halogenated alkanes) is 42. The molecule has 0 saturated heterocycles. The Balaban J connectivity index is 4.02. The van der Waals surface area contributed by atoms with Crippen molar-refractivity contribution < 1.29 is 32.9 Å². The maximum absolute atomic E-state index is 13.1. The van der Waals surface area contributed by atoms with Gasteiger partial charge in [-0.15, -0.1) is 0 Å². The van der Waals surface area contributed by atoms with E-state index in [2.05, 4.69) is 104 Å². The number of hydrogen-bond donors (Lipinski definition) is 3. The van der Waals surface area contributed by atoms with Gasteiger partial charge in [0.1, 0.15) is 13.2 Å². The highest BCUT2D eigenvalue weighted by molar-refractivity contribution is 7.47. The number of nitrogens with zero attached hydrogens (tertiary/aromatic N) is 1. The third-order valence-corrected chi connectivity index (χ3v) is 17.9. The lowest BCUT2D eigenvalue weighted by molar-refractivity contribution is -0.870. The van der Waals surface area contributed by atoms with Gasteiger partial charge < -0.3 is 19.8 Å². The van der Waals surface area contributed by atoms with Gasteiger partial charge in [0.2, 0.25) is 5.91 Å². The Labute approximate surface area is 541 Å². The number of likely N-dealkylation sites (N-methyl/N-ethyl adjacent to an activating group) is 1. The Bertz CT molecular complexity index is 1700. The van der Waals surface area contributed by atoms with Gasteiger partial charge >= 0.3 is 7.82 Å². The van der Waals surface area contributed by atoms with Crippen LogP contribution < -0.4 is 5.32 Å². The van der Waals surface area contributed by atoms with Crippen LogP contribution in [0.2, 0.25) is 0 Å². The lowest BCUT2D eigenvalue weighted by atomic mass is 10.0. The Morgan fingerprint density at radius 2 is 0.690 bits per heavy atom. The van der Waals surface area contributed by atoms with Crippen LogP contribution in [0, 0.1) is 0 Å². The fourth-order valence-electron chi connectivity index (χ4n) is 11.2. The number of hydrogen-bond acceptors (Lipinski definition) is 5. The van der Waals surface area contributed by atoms with Crippen molar-refractivity contribution >= 4 is 13.7 Å². The number of rotatable bonds is 69. The molecule has 0 fully saturated rings. The number of amides is 1. The number of allylic oxidation sites excluding steroid dienone is 14. The smallest absolute Gasteiger partial charge is 0.391 e. The largest absolute Gasteiger partial charge is 0.472 e. The van der Waals surface area contributed by atoms with Gasteiger partial charge in [0.25, 0.3) is 0 Å². The number of phosphoric acid groups is 1. The third-order valence-electron chi connectivity index (χ3n) is 16.9. The van der Waals surface area contributed by atoms with Crippen LogP contribution >= 0.6 is 7.82 Å². The van der Waals surface area contributed by atoms with Gasteiger partial charge in [0.05, 0.1) is 39.9 Å². The number of quaternary nitrogens is 1. The Hall–Kier alpha value is -2.32. The SMILES string of the molecule is CC/C=C\C/C=C\C/C=C\C/C=C\C/C=C\C/C=C\C/C=C\CCCCCCCCCCCCCC(=O)NC(COP(=O)(O)OCC[N+](C)(C)C)C(O)CCCCCCCCCCCCCCCCCCCCCCCCCCCCCCCCCC. The zero-order valence-corrected chi connectivity index (χ0v) is 59.2. The van der Waals surface area contributed by atoms with E-state index in [9.17, 15) is 19.4 Å². The van der Waals surface area contributed by atoms with Crippen LogP contribution in [0.3, 0.4) is 0 Å². The quantitative estimate of drug-likeness (QED) is 0.0243. The molecule has 0 rings (SSSR count). The van der Waals surface area contributed by atoms with Gasteiger partial charge in [-0.2, -0.15) is 0 Å². The minimum atomic E-state index is -4.34. The van der Waals surface area contributed by atoms with E-state index in [1.807, 2.05) is 21.1 Å². The van der Waals surface area contributed by atoms with Crippen molar-refractivity contribution in [3.05, 3.63) is 85.1 Å². The predicted molar refractivity (Wildman–Crippen MR) is 383 cm³/mol. The molecule has 3 unspecified atom stereocenters. The topological polar surface area (TPSA) is 105 Å². The van der Waals surface area contributed by atoms with Crippen LogP contribution in [0.4, 0.5) is 0 Å². The van der Waals surface area contributed by atoms with Crippen molar-refractivity contribution in [3.63, 3.8) is 0 Å². The number of nitrogens with one attached hydrogen (secondary N) is 1. The molecule has 9 heteroatoms. The lowest BCUT2D eigenvalue weighted by Gasteiger charge is -2.26. The van der Waals surface area contributed by atoms with Crippen molar-refractivity contribution in [1.29, 1.82) is 0 Å². The molecule has 0 bridgehead atoms. The normalized spacial score (nSPS) is 14.1. The first-order valence-electron chi connectivity index (χ1n) is 37.5. The first-order valence-corrected chi connectivity index (χ1v) is 38.9. The summed E-state index contributed by atoms with van der Waals surface area (Å²) in [4.78, 5) is 23.5. The van der Waals surface area contributed by atoms with E-state index in [0.29, 0.717) is 23.9 Å². The Kier molecular flexibility index (Phi) is 66.2. The number of phosphoric ester groups is 1. The van der Waals surface area contributed by atoms with Crippen LogP contribution in [0.5, 0.6) is 0 Å². The zero-order chi connectivity index (χ0) is 63.4. The fourth-order valence-corrected chi connectivity index (χ4v) is 11.9. The summed E-state index contributed by atoms with van der Waals surface area (Å²) in [6.07, 6.45) is 97.0. The molecule has 0 aliphatic heterocycles. The van der Waals surface area contributed by atoms with Crippen LogP contribution in [0.15, 0.2) is 85.1 Å². The summed E-state index contributed by atoms with van der Waals surface area (Å²) in [5.41, 5.74) is 0. The predicted octanol–water partition coefficient (Wildman–Crippen LogP) is 24.3. The number of carbonyl (C=O) groups is 1. The first-order chi connectivity index (χ1) is 42.5. The maximum atomic E-state index is 13.1. The molecule has 0 aromatic heterocycles. The fraction of sp³-hybridized carbons (Fsp3) is 0.808. The van der Waals surface area contributed by atoms with Gasteiger partial charge in [0, 0.05) is 6.42 Å². The summed E-state index contributed by atoms with van der Waals surface area (Å²) in [5, 5.41) is 14.2. The lowest BCUT2D eigenvalue weighted by Crippen LogP contribution is -2.46. The van der Waals surface area contributed by atoms with Gasteiger partial charge in [0.15, 0.2) is 0 Å². The van der Waals surface area contributed by atoms with E-state index in [-0.39, 0.29) is 19.1 Å². The summed E-state index contributed by atoms with van der Waals surface area (Å²) < 4.78 is 23.9. The minimum Gasteiger partial charge on any atom is -0.391 e. The standard InChI is InChI=1S/C78H145N2O6P/c1-6-8-10-12-14-16-18-20-22-24-26-28-30-32-34-36-38-40-42-44-46-48-50-52-54-56-58-60-62-64-66-68-70-72-78(82)79-76(75-86-87(83,84)85-74-73-80(3,4)5)77(81)71-69-67-65-63-61-59-57-55-53-51-49-47-45-43-41-39-37-35-33-31-29-27-25-23-21-19-17-15-13-11-9-7-2/h8,10,14,16,20,22,26,28,32,34,38,40,44,46,76-77,81H,6-7,9,11-13,15,17-19,21,23-25,27,29-31,33,35-37,39,41-43,45,47-75H2,1-5H3,(H-,79,82,83,84)/p+1/b10-8-,16-14-,22-20-,28-26-,34-32-,40-38-,46-44-. The molecule has 0 heterocycles. The molecule has 8 nitrogen and oxygen atoms in total. The highest BCUT2D eigenvalue weighted by atomic mass is 31.2. The molecule has 87 heavy (non-hydrogen) atoms. The molecule has 0 aliphatic rings. The van der Waals surface area contributed by atoms with Crippen LogP contribution in [0.25, 0.3) is 0 Å². The van der Waals surface area contributed by atoms with E-state index >= 15 is 0 Å². The second-order valence-corrected chi connectivity index (χ2v) is 28.1. The summed E-state index contributed by atoms with van der Waals surface area (Å²) >= 11 is 0. The summed E-state index contributed by atoms with van der Waals surface area (Å²) in [7, 11) is 1.62. The van der Waals surface area contributed by atoms with Gasteiger partial charge in [-0.05, 0) is 70.6 Å². The highest BCUT2D eigenvalue weighted by Gasteiger charge is 2.28. The maximum Gasteiger partial charge on any atom is 0.472 e. The van der Waals surface area contributed by atoms with E-state index in [1.54, 1.807) is 0 Å². The van der Waals surface area contributed by atoms with Gasteiger partial charge in [-0.1, -0.05) is 362 Å². The van der Waals surface area contributed by atoms with E-state index in [4.69, 9.17) is 9.05 Å². The second-order valence-electron chi connectivity index (χ2n) is 26.7. The molecule has 0 spiro atoms. The number of carbonyl (C=O) groups excluding carboxylic acids is 1. The van der Waals surface area contributed by atoms with Crippen molar-refractivity contribution in [2.24, 2.45) is 0 Å². The van der Waals surface area contributed by atoms with Crippen molar-refractivity contribution in [3.8, 4) is 0 Å². The summed E-state index contributed by atoms with van der Waals surface area (Å²) in [5.74, 6) is -0.146. The Morgan fingerprint density at radius 1 is 0.402 bits per heavy atom. The van der Waals surface area contributed by atoms with Crippen molar-refractivity contribution in [2.45, 2.75) is 366 Å². The average Bonchev–Trinajstić information content (AvgIpc) is 3.71. The van der Waals surface area contributed by atoms with Crippen molar-refractivity contribution in [2.75, 3.05) is 40.9 Å². The van der Waals surface area contributed by atoms with Crippen molar-refractivity contribution in [1.82, 2.24) is 5.32 Å². The summed E-state index contributed by atoms with van der Waals surface area (Å²) in [6.45, 7) is 4.81. The number of aliphatic hydroxyl groups excluding tert-OH is 1. The molecule has 0 aliphatic carbocycles. The molecule has 1 amide bonds. The third kappa shape index (κ3) is 71.0. The molecule has 3 N–H and O–H groups in total. The molecule has 0 aromatic rings. The zero-order valence-electron chi connectivity index (χ0n) is 58.3. The monoisotopic (exact) mass is 1240 g/mol. The van der Waals surface area contributed by atoms with Gasteiger partial charge in [-0.25, -0.2) is 4.57 Å². The molecule has 0 saturated carbocycles. The Morgan fingerprint density at radius 3 is 1.01 bits per heavy atom. The second kappa shape index (κ2) is 68.1. The van der Waals surface area contributed by atoms with E-state index < -0.39 is 20.0 Å². The molecule has 0 radical (unpaired) electrons. The van der Waals surface area contributed by atoms with E-state index in [1.165, 1.54) is 244 Å². The van der Waals surface area contributed by atoms with E-state index in [0.717, 1.165) is 83.5 Å². The average molecular weight is 1240 g/mol. The van der Waals surface area contributed by atoms with Crippen LogP contribution in [0.1, 0.15) is 354 Å². The first kappa shape index (κ1) is 84.7. The molecular formula is C78H146N2O6P+. The molecule has 3 atom stereocenters. The molecule has 0 aromatic carbocycles. The minimum absolute atomic E-state index is 0.0717. The van der Waals surface area contributed by atoms with Crippen LogP contribution in [-0.2, 0) is 18.4 Å². The van der Waals surface area contributed by atoms with Crippen LogP contribution in [-0.4, -0.2) is 73.4 Å². The molecular weight excluding hydrogens is 1090 g/mol.